The van der Waals surface area contributed by atoms with Crippen molar-refractivity contribution < 1.29 is 17.9 Å². The average molecular weight is 422 g/mol. The quantitative estimate of drug-likeness (QED) is 0.758. The Hall–Kier alpha value is -2.55. The Labute approximate surface area is 172 Å². The van der Waals surface area contributed by atoms with E-state index in [4.69, 9.17) is 4.74 Å². The van der Waals surface area contributed by atoms with Crippen LogP contribution in [-0.4, -0.2) is 54.1 Å². The molecule has 1 aromatic carbocycles. The summed E-state index contributed by atoms with van der Waals surface area (Å²) < 4.78 is 49.0. The second-order valence-electron chi connectivity index (χ2n) is 8.13. The van der Waals surface area contributed by atoms with Crippen molar-refractivity contribution in [2.75, 3.05) is 42.6 Å². The van der Waals surface area contributed by atoms with Crippen molar-refractivity contribution in [2.45, 2.75) is 38.0 Å². The largest absolute Gasteiger partial charge is 0.413 e. The van der Waals surface area contributed by atoms with Crippen LogP contribution in [0.5, 0.6) is 0 Å². The van der Waals surface area contributed by atoms with E-state index in [1.54, 1.807) is 0 Å². The van der Waals surface area contributed by atoms with Crippen molar-refractivity contribution in [1.29, 1.82) is 0 Å². The minimum absolute atomic E-state index is 0.0756. The van der Waals surface area contributed by atoms with Gasteiger partial charge < -0.3 is 14.5 Å². The first kappa shape index (κ1) is 20.7. The second kappa shape index (κ2) is 7.61. The monoisotopic (exact) mass is 422 g/mol. The lowest BCUT2D eigenvalue weighted by Gasteiger charge is -2.38. The van der Waals surface area contributed by atoms with Crippen molar-refractivity contribution in [1.82, 2.24) is 9.55 Å². The molecule has 0 spiro atoms. The molecule has 2 aromatic rings. The predicted molar refractivity (Wildman–Crippen MR) is 108 cm³/mol. The molecule has 0 amide bonds. The average Bonchev–Trinajstić information content (AvgIpc) is 3.03. The Balaban J connectivity index is 1.75. The van der Waals surface area contributed by atoms with Gasteiger partial charge >= 0.3 is 6.18 Å². The number of halogens is 3. The summed E-state index contributed by atoms with van der Waals surface area (Å²) in [6, 6.07) is 10.7. The highest BCUT2D eigenvalue weighted by Gasteiger charge is 2.60. The van der Waals surface area contributed by atoms with Crippen molar-refractivity contribution in [3.63, 3.8) is 0 Å². The third-order valence-corrected chi connectivity index (χ3v) is 6.05. The molecule has 1 unspecified atom stereocenters. The van der Waals surface area contributed by atoms with Gasteiger partial charge in [-0.05, 0) is 18.4 Å². The minimum Gasteiger partial charge on any atom is -0.378 e. The van der Waals surface area contributed by atoms with Gasteiger partial charge in [-0.3, -0.25) is 9.36 Å². The number of nitrogens with zero attached hydrogens (tertiary/aromatic N) is 4. The van der Waals surface area contributed by atoms with Crippen molar-refractivity contribution in [3.8, 4) is 0 Å². The number of rotatable bonds is 4. The van der Waals surface area contributed by atoms with E-state index in [2.05, 4.69) is 4.98 Å². The molecule has 0 radical (unpaired) electrons. The Bertz CT molecular complexity index is 957. The van der Waals surface area contributed by atoms with Crippen LogP contribution < -0.4 is 15.4 Å². The highest BCUT2D eigenvalue weighted by Crippen LogP contribution is 2.44. The molecular weight excluding hydrogens is 397 g/mol. The van der Waals surface area contributed by atoms with E-state index in [-0.39, 0.29) is 18.4 Å². The van der Waals surface area contributed by atoms with Crippen LogP contribution in [0.15, 0.2) is 41.2 Å². The topological polar surface area (TPSA) is 50.6 Å². The van der Waals surface area contributed by atoms with Gasteiger partial charge in [-0.25, -0.2) is 0 Å². The highest BCUT2D eigenvalue weighted by atomic mass is 19.4. The van der Waals surface area contributed by atoms with Crippen LogP contribution in [0.4, 0.5) is 24.9 Å². The Morgan fingerprint density at radius 1 is 1.20 bits per heavy atom. The Kier molecular flexibility index (Phi) is 5.25. The fourth-order valence-electron chi connectivity index (χ4n) is 4.09. The molecule has 4 rings (SSSR count). The van der Waals surface area contributed by atoms with Crippen LogP contribution in [0.3, 0.4) is 0 Å². The SMILES string of the molecule is CC(CN1c2nc(N3CCOCC3)cc(=O)n2C[C@]1(C)C(F)(F)F)c1ccccc1. The van der Waals surface area contributed by atoms with E-state index in [1.165, 1.54) is 11.0 Å². The Morgan fingerprint density at radius 3 is 2.50 bits per heavy atom. The summed E-state index contributed by atoms with van der Waals surface area (Å²) in [7, 11) is 0. The van der Waals surface area contributed by atoms with Gasteiger partial charge in [0.1, 0.15) is 5.82 Å². The highest BCUT2D eigenvalue weighted by molar-refractivity contribution is 5.50. The molecule has 0 bridgehead atoms. The van der Waals surface area contributed by atoms with Crippen molar-refractivity contribution in [2.24, 2.45) is 0 Å². The first-order valence-corrected chi connectivity index (χ1v) is 10.0. The molecule has 9 heteroatoms. The lowest BCUT2D eigenvalue weighted by atomic mass is 9.96. The van der Waals surface area contributed by atoms with Crippen LogP contribution in [0.2, 0.25) is 0 Å². The number of benzene rings is 1. The number of hydrogen-bond acceptors (Lipinski definition) is 5. The molecule has 1 aromatic heterocycles. The normalized spacial score (nSPS) is 22.8. The Morgan fingerprint density at radius 2 is 1.87 bits per heavy atom. The zero-order chi connectivity index (χ0) is 21.5. The molecular formula is C21H25F3N4O2. The minimum atomic E-state index is -4.53. The first-order valence-electron chi connectivity index (χ1n) is 10.0. The van der Waals surface area contributed by atoms with Crippen molar-refractivity contribution >= 4 is 11.8 Å². The van der Waals surface area contributed by atoms with E-state index >= 15 is 0 Å². The van der Waals surface area contributed by atoms with Gasteiger partial charge in [0.25, 0.3) is 5.56 Å². The molecule has 162 valence electrons. The van der Waals surface area contributed by atoms with E-state index in [0.717, 1.165) is 17.1 Å². The number of aromatic nitrogens is 2. The van der Waals surface area contributed by atoms with Crippen molar-refractivity contribution in [3.05, 3.63) is 52.3 Å². The molecule has 6 nitrogen and oxygen atoms in total. The second-order valence-corrected chi connectivity index (χ2v) is 8.13. The van der Waals surface area contributed by atoms with Gasteiger partial charge in [0.2, 0.25) is 5.95 Å². The molecule has 2 atom stereocenters. The number of anilines is 2. The number of alkyl halides is 3. The van der Waals surface area contributed by atoms with Crippen LogP contribution in [0, 0.1) is 0 Å². The maximum absolute atomic E-state index is 14.2. The molecule has 0 saturated carbocycles. The lowest BCUT2D eigenvalue weighted by molar-refractivity contribution is -0.182. The lowest BCUT2D eigenvalue weighted by Crippen LogP contribution is -2.56. The third-order valence-electron chi connectivity index (χ3n) is 6.05. The van der Waals surface area contributed by atoms with Crippen LogP contribution in [-0.2, 0) is 11.3 Å². The maximum Gasteiger partial charge on any atom is 0.413 e. The molecule has 3 heterocycles. The number of fused-ring (bicyclic) bond motifs is 1. The summed E-state index contributed by atoms with van der Waals surface area (Å²) in [5, 5.41) is 0. The molecule has 0 N–H and O–H groups in total. The van der Waals surface area contributed by atoms with Gasteiger partial charge in [-0.2, -0.15) is 18.2 Å². The van der Waals surface area contributed by atoms with Gasteiger partial charge in [0, 0.05) is 25.7 Å². The molecule has 2 aliphatic heterocycles. The van der Waals surface area contributed by atoms with Crippen LogP contribution >= 0.6 is 0 Å². The summed E-state index contributed by atoms with van der Waals surface area (Å²) >= 11 is 0. The number of morpholine rings is 1. The summed E-state index contributed by atoms with van der Waals surface area (Å²) in [5.74, 6) is 0.299. The zero-order valence-electron chi connectivity index (χ0n) is 17.0. The predicted octanol–water partition coefficient (Wildman–Crippen LogP) is 3.02. The fraction of sp³-hybridized carbons (Fsp3) is 0.524. The van der Waals surface area contributed by atoms with Gasteiger partial charge in [-0.15, -0.1) is 0 Å². The number of ether oxygens (including phenoxy) is 1. The van der Waals surface area contributed by atoms with Crippen LogP contribution in [0.1, 0.15) is 25.3 Å². The smallest absolute Gasteiger partial charge is 0.378 e. The fourth-order valence-corrected chi connectivity index (χ4v) is 4.09. The molecule has 1 fully saturated rings. The van der Waals surface area contributed by atoms with Gasteiger partial charge in [-0.1, -0.05) is 37.3 Å². The van der Waals surface area contributed by atoms with E-state index in [0.29, 0.717) is 32.1 Å². The van der Waals surface area contributed by atoms with Gasteiger partial charge in [0.05, 0.1) is 19.8 Å². The molecule has 1 saturated heterocycles. The molecule has 0 aliphatic carbocycles. The van der Waals surface area contributed by atoms with E-state index in [9.17, 15) is 18.0 Å². The van der Waals surface area contributed by atoms with E-state index in [1.807, 2.05) is 42.2 Å². The summed E-state index contributed by atoms with van der Waals surface area (Å²) in [6.45, 7) is 4.75. The summed E-state index contributed by atoms with van der Waals surface area (Å²) in [4.78, 5) is 20.4. The van der Waals surface area contributed by atoms with Crippen LogP contribution in [0.25, 0.3) is 0 Å². The molecule has 2 aliphatic rings. The molecule has 30 heavy (non-hydrogen) atoms. The maximum atomic E-state index is 14.2. The first-order chi connectivity index (χ1) is 14.2. The van der Waals surface area contributed by atoms with Gasteiger partial charge in [0.15, 0.2) is 5.54 Å². The number of hydrogen-bond donors (Lipinski definition) is 0. The van der Waals surface area contributed by atoms with E-state index < -0.39 is 23.8 Å². The zero-order valence-corrected chi connectivity index (χ0v) is 17.0. The standard InChI is InChI=1S/C21H25F3N4O2/c1-15(16-6-4-3-5-7-16)13-28-19-25-17(26-8-10-30-11-9-26)12-18(29)27(19)14-20(28,2)21(22,23)24/h3-7,12,15H,8-11,13-14H2,1-2H3/t15?,20-/m1/s1. The third kappa shape index (κ3) is 3.55. The summed E-state index contributed by atoms with van der Waals surface area (Å²) in [5.41, 5.74) is -1.74. The summed E-state index contributed by atoms with van der Waals surface area (Å²) in [6.07, 6.45) is -4.53.